The first-order chi connectivity index (χ1) is 11.2. The largest absolute Gasteiger partial charge is 0.349 e. The van der Waals surface area contributed by atoms with E-state index in [1.165, 1.54) is 31.2 Å². The van der Waals surface area contributed by atoms with Crippen LogP contribution in [0.4, 0.5) is 5.69 Å². The molecule has 0 spiro atoms. The highest BCUT2D eigenvalue weighted by atomic mass is 35.5. The zero-order valence-electron chi connectivity index (χ0n) is 12.8. The summed E-state index contributed by atoms with van der Waals surface area (Å²) >= 11 is 6.90. The fraction of sp³-hybridized carbons (Fsp3) is 0.200. The van der Waals surface area contributed by atoms with Gasteiger partial charge in [0.25, 0.3) is 10.0 Å². The summed E-state index contributed by atoms with van der Waals surface area (Å²) in [5.74, 6) is -0.191. The Kier molecular flexibility index (Phi) is 5.49. The van der Waals surface area contributed by atoms with Crippen LogP contribution in [0.1, 0.15) is 30.3 Å². The van der Waals surface area contributed by atoms with Crippen LogP contribution in [-0.2, 0) is 14.8 Å². The van der Waals surface area contributed by atoms with Crippen LogP contribution in [-0.4, -0.2) is 14.3 Å². The van der Waals surface area contributed by atoms with E-state index in [-0.39, 0.29) is 32.4 Å². The molecule has 6 nitrogen and oxygen atoms in total. The van der Waals surface area contributed by atoms with Gasteiger partial charge in [-0.2, -0.15) is 5.26 Å². The van der Waals surface area contributed by atoms with Crippen molar-refractivity contribution in [3.05, 3.63) is 45.8 Å². The van der Waals surface area contributed by atoms with Gasteiger partial charge in [0.1, 0.15) is 10.3 Å². The predicted molar refractivity (Wildman–Crippen MR) is 93.5 cm³/mol. The molecule has 1 amide bonds. The van der Waals surface area contributed by atoms with Gasteiger partial charge in [-0.1, -0.05) is 11.6 Å². The van der Waals surface area contributed by atoms with E-state index in [1.54, 1.807) is 13.0 Å². The summed E-state index contributed by atoms with van der Waals surface area (Å²) in [6.45, 7) is 3.17. The van der Waals surface area contributed by atoms with Gasteiger partial charge in [0, 0.05) is 11.8 Å². The lowest BCUT2D eigenvalue weighted by molar-refractivity contribution is -0.119. The summed E-state index contributed by atoms with van der Waals surface area (Å²) in [4.78, 5) is 11.8. The van der Waals surface area contributed by atoms with Crippen molar-refractivity contribution in [3.8, 4) is 6.07 Å². The summed E-state index contributed by atoms with van der Waals surface area (Å²) in [5.41, 5.74) is 0.434. The van der Waals surface area contributed by atoms with Crippen LogP contribution in [0.5, 0.6) is 0 Å². The molecule has 0 radical (unpaired) electrons. The van der Waals surface area contributed by atoms with Crippen molar-refractivity contribution in [3.63, 3.8) is 0 Å². The van der Waals surface area contributed by atoms with Gasteiger partial charge in [-0.15, -0.1) is 11.3 Å². The SMILES string of the molecule is CC(=O)NC(C)c1ccc(S(=O)(=O)Nc2ccc(Cl)c(C#N)c2)s1. The standard InChI is InChI=1S/C15H14ClN3O3S2/c1-9(18-10(2)20)14-5-6-15(23-14)24(21,22)19-12-3-4-13(16)11(7-12)8-17/h3-7,9,19H,1-2H3,(H,18,20). The van der Waals surface area contributed by atoms with Crippen LogP contribution < -0.4 is 10.0 Å². The molecule has 9 heteroatoms. The minimum absolute atomic E-state index is 0.114. The summed E-state index contributed by atoms with van der Waals surface area (Å²) in [6.07, 6.45) is 0. The smallest absolute Gasteiger partial charge is 0.271 e. The van der Waals surface area contributed by atoms with Crippen molar-refractivity contribution in [2.45, 2.75) is 24.1 Å². The lowest BCUT2D eigenvalue weighted by atomic mass is 10.2. The fourth-order valence-corrected chi connectivity index (χ4v) is 4.50. The monoisotopic (exact) mass is 383 g/mol. The number of amides is 1. The minimum atomic E-state index is -3.79. The normalized spacial score (nSPS) is 12.2. The first kappa shape index (κ1) is 18.3. The van der Waals surface area contributed by atoms with Crippen molar-refractivity contribution in [1.29, 1.82) is 5.26 Å². The number of halogens is 1. The van der Waals surface area contributed by atoms with Crippen LogP contribution in [0.2, 0.25) is 5.02 Å². The Morgan fingerprint density at radius 1 is 1.33 bits per heavy atom. The lowest BCUT2D eigenvalue weighted by Gasteiger charge is -2.10. The summed E-state index contributed by atoms with van der Waals surface area (Å²) in [7, 11) is -3.79. The molecule has 2 rings (SSSR count). The molecule has 0 aliphatic heterocycles. The summed E-state index contributed by atoms with van der Waals surface area (Å²) in [5, 5.41) is 11.9. The van der Waals surface area contributed by atoms with E-state index in [9.17, 15) is 13.2 Å². The Bertz CT molecular complexity index is 916. The van der Waals surface area contributed by atoms with Crippen molar-refractivity contribution < 1.29 is 13.2 Å². The number of nitriles is 1. The number of carbonyl (C=O) groups excluding carboxylic acids is 1. The molecule has 0 aliphatic carbocycles. The molecule has 0 fully saturated rings. The van der Waals surface area contributed by atoms with Crippen LogP contribution in [0.3, 0.4) is 0 Å². The maximum absolute atomic E-state index is 12.4. The minimum Gasteiger partial charge on any atom is -0.349 e. The number of nitrogens with one attached hydrogen (secondary N) is 2. The second-order valence-corrected chi connectivity index (χ2v) is 8.42. The molecule has 2 aromatic rings. The fourth-order valence-electron chi connectivity index (χ4n) is 1.97. The first-order valence-corrected chi connectivity index (χ1v) is 9.50. The zero-order chi connectivity index (χ0) is 17.9. The Hall–Kier alpha value is -2.08. The lowest BCUT2D eigenvalue weighted by Crippen LogP contribution is -2.22. The quantitative estimate of drug-likeness (QED) is 0.827. The highest BCUT2D eigenvalue weighted by Gasteiger charge is 2.19. The van der Waals surface area contributed by atoms with Gasteiger partial charge in [-0.05, 0) is 37.3 Å². The van der Waals surface area contributed by atoms with Crippen molar-refractivity contribution >= 4 is 44.6 Å². The van der Waals surface area contributed by atoms with Crippen molar-refractivity contribution in [2.24, 2.45) is 0 Å². The molecule has 1 aromatic heterocycles. The second-order valence-electron chi connectivity index (χ2n) is 4.99. The van der Waals surface area contributed by atoms with E-state index >= 15 is 0 Å². The third kappa shape index (κ3) is 4.26. The second kappa shape index (κ2) is 7.21. The van der Waals surface area contributed by atoms with Gasteiger partial charge < -0.3 is 5.32 Å². The van der Waals surface area contributed by atoms with E-state index in [4.69, 9.17) is 16.9 Å². The Labute approximate surface area is 149 Å². The molecule has 24 heavy (non-hydrogen) atoms. The molecule has 0 saturated carbocycles. The maximum Gasteiger partial charge on any atom is 0.271 e. The van der Waals surface area contributed by atoms with Crippen LogP contribution >= 0.6 is 22.9 Å². The van der Waals surface area contributed by atoms with Gasteiger partial charge in [0.2, 0.25) is 5.91 Å². The molecule has 0 saturated heterocycles. The maximum atomic E-state index is 12.4. The van der Waals surface area contributed by atoms with E-state index < -0.39 is 10.0 Å². The van der Waals surface area contributed by atoms with Crippen molar-refractivity contribution in [2.75, 3.05) is 4.72 Å². The number of nitrogens with zero attached hydrogens (tertiary/aromatic N) is 1. The Morgan fingerprint density at radius 2 is 2.04 bits per heavy atom. The van der Waals surface area contributed by atoms with E-state index in [0.29, 0.717) is 0 Å². The third-order valence-corrected chi connectivity index (χ3v) is 6.52. The zero-order valence-corrected chi connectivity index (χ0v) is 15.2. The number of hydrogen-bond donors (Lipinski definition) is 2. The van der Waals surface area contributed by atoms with Crippen LogP contribution in [0, 0.1) is 11.3 Å². The highest BCUT2D eigenvalue weighted by molar-refractivity contribution is 7.94. The number of thiophene rings is 1. The molecular weight excluding hydrogens is 370 g/mol. The molecule has 0 bridgehead atoms. The number of benzene rings is 1. The third-order valence-electron chi connectivity index (χ3n) is 3.05. The molecular formula is C15H14ClN3O3S2. The Balaban J connectivity index is 2.24. The average molecular weight is 384 g/mol. The highest BCUT2D eigenvalue weighted by Crippen LogP contribution is 2.29. The van der Waals surface area contributed by atoms with Crippen LogP contribution in [0.25, 0.3) is 0 Å². The Morgan fingerprint density at radius 3 is 2.67 bits per heavy atom. The van der Waals surface area contributed by atoms with Gasteiger partial charge >= 0.3 is 0 Å². The number of sulfonamides is 1. The van der Waals surface area contributed by atoms with Gasteiger partial charge in [-0.25, -0.2) is 8.42 Å². The van der Waals surface area contributed by atoms with Gasteiger partial charge in [-0.3, -0.25) is 9.52 Å². The molecule has 1 aromatic carbocycles. The molecule has 2 N–H and O–H groups in total. The molecule has 1 heterocycles. The van der Waals surface area contributed by atoms with E-state index in [0.717, 1.165) is 16.2 Å². The number of anilines is 1. The number of hydrogen-bond acceptors (Lipinski definition) is 5. The topological polar surface area (TPSA) is 99.1 Å². The van der Waals surface area contributed by atoms with E-state index in [1.807, 2.05) is 6.07 Å². The number of carbonyl (C=O) groups is 1. The summed E-state index contributed by atoms with van der Waals surface area (Å²) in [6, 6.07) is 9.05. The van der Waals surface area contributed by atoms with Gasteiger partial charge in [0.05, 0.1) is 22.3 Å². The first-order valence-electron chi connectivity index (χ1n) is 6.82. The van der Waals surface area contributed by atoms with E-state index in [2.05, 4.69) is 10.0 Å². The average Bonchev–Trinajstić information content (AvgIpc) is 2.99. The molecule has 0 aliphatic rings. The molecule has 126 valence electrons. The predicted octanol–water partition coefficient (Wildman–Crippen LogP) is 3.27. The van der Waals surface area contributed by atoms with Gasteiger partial charge in [0.15, 0.2) is 0 Å². The molecule has 1 unspecified atom stereocenters. The molecule has 1 atom stereocenters. The van der Waals surface area contributed by atoms with Crippen LogP contribution in [0.15, 0.2) is 34.5 Å². The number of rotatable bonds is 5. The summed E-state index contributed by atoms with van der Waals surface area (Å²) < 4.78 is 27.4. The van der Waals surface area contributed by atoms with Crippen molar-refractivity contribution in [1.82, 2.24) is 5.32 Å².